The van der Waals surface area contributed by atoms with Crippen molar-refractivity contribution in [3.63, 3.8) is 0 Å². The van der Waals surface area contributed by atoms with Gasteiger partial charge in [-0.1, -0.05) is 24.3 Å². The number of aliphatic hydroxyl groups is 1. The Morgan fingerprint density at radius 2 is 2.09 bits per heavy atom. The first kappa shape index (κ1) is 17.6. The first-order valence-electron chi connectivity index (χ1n) is 7.72. The Kier molecular flexibility index (Phi) is 5.87. The number of benzene rings is 1. The molecule has 0 fully saturated rings. The topological polar surface area (TPSA) is 52.6 Å². The first-order chi connectivity index (χ1) is 10.9. The number of hydrogen-bond donors (Lipinski definition) is 2. The summed E-state index contributed by atoms with van der Waals surface area (Å²) in [5.41, 5.74) is 2.20. The van der Waals surface area contributed by atoms with Crippen LogP contribution in [0.15, 0.2) is 24.3 Å². The molecule has 7 heteroatoms. The van der Waals surface area contributed by atoms with Gasteiger partial charge in [0, 0.05) is 19.7 Å². The molecule has 23 heavy (non-hydrogen) atoms. The van der Waals surface area contributed by atoms with Crippen LogP contribution in [0.3, 0.4) is 0 Å². The summed E-state index contributed by atoms with van der Waals surface area (Å²) in [7, 11) is 0. The molecule has 0 spiro atoms. The number of rotatable bonds is 6. The highest BCUT2D eigenvalue weighted by molar-refractivity contribution is 5.75. The van der Waals surface area contributed by atoms with Gasteiger partial charge in [-0.05, 0) is 30.4 Å². The van der Waals surface area contributed by atoms with E-state index in [0.717, 1.165) is 24.0 Å². The molecule has 1 aliphatic rings. The molecule has 0 heterocycles. The van der Waals surface area contributed by atoms with E-state index in [1.165, 1.54) is 0 Å². The normalized spacial score (nSPS) is 17.0. The van der Waals surface area contributed by atoms with Crippen molar-refractivity contribution in [1.29, 1.82) is 0 Å². The van der Waals surface area contributed by atoms with Crippen molar-refractivity contribution in [2.45, 2.75) is 37.9 Å². The smallest absolute Gasteiger partial charge is 0.390 e. The molecule has 0 bridgehead atoms. The van der Waals surface area contributed by atoms with Crippen molar-refractivity contribution in [2.75, 3.05) is 19.7 Å². The second-order valence-electron chi connectivity index (χ2n) is 5.62. The molecule has 0 aliphatic heterocycles. The molecule has 0 saturated heterocycles. The number of nitrogens with one attached hydrogen (secondary N) is 1. The van der Waals surface area contributed by atoms with E-state index >= 15 is 0 Å². The summed E-state index contributed by atoms with van der Waals surface area (Å²) in [5.74, 6) is 0. The fraction of sp³-hybridized carbons (Fsp3) is 0.562. The molecule has 1 aromatic rings. The molecule has 4 nitrogen and oxygen atoms in total. The highest BCUT2D eigenvalue weighted by Crippen LogP contribution is 2.35. The van der Waals surface area contributed by atoms with Gasteiger partial charge in [0.2, 0.25) is 0 Å². The van der Waals surface area contributed by atoms with E-state index in [2.05, 4.69) is 5.32 Å². The minimum atomic E-state index is -4.29. The Hall–Kier alpha value is -1.76. The molecule has 128 valence electrons. The third-order valence-corrected chi connectivity index (χ3v) is 3.98. The monoisotopic (exact) mass is 330 g/mol. The summed E-state index contributed by atoms with van der Waals surface area (Å²) in [6, 6.07) is 7.11. The molecule has 1 unspecified atom stereocenters. The van der Waals surface area contributed by atoms with Gasteiger partial charge in [-0.25, -0.2) is 4.79 Å². The van der Waals surface area contributed by atoms with Crippen molar-refractivity contribution in [1.82, 2.24) is 10.2 Å². The van der Waals surface area contributed by atoms with Crippen LogP contribution in [0.5, 0.6) is 0 Å². The lowest BCUT2D eigenvalue weighted by atomic mass is 10.1. The number of fused-ring (bicyclic) bond motifs is 1. The van der Waals surface area contributed by atoms with Crippen molar-refractivity contribution >= 4 is 6.03 Å². The van der Waals surface area contributed by atoms with E-state index in [4.69, 9.17) is 5.11 Å². The minimum absolute atomic E-state index is 0.0688. The molecule has 1 aliphatic carbocycles. The molecule has 2 N–H and O–H groups in total. The third kappa shape index (κ3) is 4.86. The maximum Gasteiger partial charge on any atom is 0.390 e. The Bertz CT molecular complexity index is 534. The molecule has 2 amide bonds. The number of carbonyl (C=O) groups excluding carboxylic acids is 1. The standard InChI is InChI=1S/C16H21F3N2O2/c17-16(18,19)8-9-20-15(23)21(10-3-11-22)14-7-6-12-4-1-2-5-13(12)14/h1-2,4-5,14,22H,3,6-11H2,(H,20,23). The largest absolute Gasteiger partial charge is 0.396 e. The number of hydrogen-bond acceptors (Lipinski definition) is 2. The van der Waals surface area contributed by atoms with E-state index < -0.39 is 25.2 Å². The summed E-state index contributed by atoms with van der Waals surface area (Å²) in [4.78, 5) is 13.8. The highest BCUT2D eigenvalue weighted by Gasteiger charge is 2.31. The average Bonchev–Trinajstić information content (AvgIpc) is 2.90. The van der Waals surface area contributed by atoms with Crippen LogP contribution >= 0.6 is 0 Å². The van der Waals surface area contributed by atoms with Crippen LogP contribution in [0.4, 0.5) is 18.0 Å². The van der Waals surface area contributed by atoms with E-state index in [-0.39, 0.29) is 12.6 Å². The molecule has 0 saturated carbocycles. The lowest BCUT2D eigenvalue weighted by molar-refractivity contribution is -0.133. The van der Waals surface area contributed by atoms with Crippen molar-refractivity contribution in [2.24, 2.45) is 0 Å². The zero-order valence-corrected chi connectivity index (χ0v) is 12.8. The summed E-state index contributed by atoms with van der Waals surface area (Å²) < 4.78 is 36.6. The summed E-state index contributed by atoms with van der Waals surface area (Å²) in [6.45, 7) is -0.194. The quantitative estimate of drug-likeness (QED) is 0.842. The van der Waals surface area contributed by atoms with Crippen LogP contribution in [0.1, 0.15) is 36.4 Å². The maximum absolute atomic E-state index is 12.3. The van der Waals surface area contributed by atoms with Crippen molar-refractivity contribution < 1.29 is 23.1 Å². The molecule has 2 rings (SSSR count). The van der Waals surface area contributed by atoms with Gasteiger partial charge in [0.15, 0.2) is 0 Å². The van der Waals surface area contributed by atoms with Gasteiger partial charge >= 0.3 is 12.2 Å². The SMILES string of the molecule is O=C(NCCC(F)(F)F)N(CCCO)C1CCc2ccccc21. The van der Waals surface area contributed by atoms with E-state index in [1.807, 2.05) is 24.3 Å². The predicted molar refractivity (Wildman–Crippen MR) is 80.0 cm³/mol. The maximum atomic E-state index is 12.3. The number of nitrogens with zero attached hydrogens (tertiary/aromatic N) is 1. The first-order valence-corrected chi connectivity index (χ1v) is 7.72. The summed E-state index contributed by atoms with van der Waals surface area (Å²) >= 11 is 0. The van der Waals surface area contributed by atoms with Crippen molar-refractivity contribution in [3.8, 4) is 0 Å². The Morgan fingerprint density at radius 1 is 1.35 bits per heavy atom. The number of aliphatic hydroxyl groups excluding tert-OH is 1. The number of alkyl halides is 3. The van der Waals surface area contributed by atoms with Crippen molar-refractivity contribution in [3.05, 3.63) is 35.4 Å². The summed E-state index contributed by atoms with van der Waals surface area (Å²) in [6.07, 6.45) is -3.36. The lowest BCUT2D eigenvalue weighted by Crippen LogP contribution is -2.43. The van der Waals surface area contributed by atoms with E-state index in [9.17, 15) is 18.0 Å². The van der Waals surface area contributed by atoms with Crippen LogP contribution in [0.2, 0.25) is 0 Å². The fourth-order valence-electron chi connectivity index (χ4n) is 2.91. The zero-order valence-electron chi connectivity index (χ0n) is 12.8. The Balaban J connectivity index is 2.04. The highest BCUT2D eigenvalue weighted by atomic mass is 19.4. The molecular weight excluding hydrogens is 309 g/mol. The van der Waals surface area contributed by atoms with Gasteiger partial charge in [0.25, 0.3) is 0 Å². The van der Waals surface area contributed by atoms with Crippen LogP contribution in [0, 0.1) is 0 Å². The van der Waals surface area contributed by atoms with Gasteiger partial charge in [-0.15, -0.1) is 0 Å². The minimum Gasteiger partial charge on any atom is -0.396 e. The predicted octanol–water partition coefficient (Wildman–Crippen LogP) is 3.02. The second kappa shape index (κ2) is 7.68. The molecule has 1 aromatic carbocycles. The molecule has 1 atom stereocenters. The van der Waals surface area contributed by atoms with Gasteiger partial charge < -0.3 is 15.3 Å². The number of halogens is 3. The number of amides is 2. The fourth-order valence-corrected chi connectivity index (χ4v) is 2.91. The lowest BCUT2D eigenvalue weighted by Gasteiger charge is -2.30. The second-order valence-corrected chi connectivity index (χ2v) is 5.62. The van der Waals surface area contributed by atoms with Gasteiger partial charge in [-0.2, -0.15) is 13.2 Å². The van der Waals surface area contributed by atoms with Crippen LogP contribution in [-0.2, 0) is 6.42 Å². The van der Waals surface area contributed by atoms with Crippen LogP contribution in [-0.4, -0.2) is 41.9 Å². The average molecular weight is 330 g/mol. The van der Waals surface area contributed by atoms with Gasteiger partial charge in [-0.3, -0.25) is 0 Å². The van der Waals surface area contributed by atoms with E-state index in [0.29, 0.717) is 13.0 Å². The Morgan fingerprint density at radius 3 is 2.78 bits per heavy atom. The molecule has 0 aromatic heterocycles. The summed E-state index contributed by atoms with van der Waals surface area (Å²) in [5, 5.41) is 11.4. The van der Waals surface area contributed by atoms with Gasteiger partial charge in [0.1, 0.15) is 0 Å². The van der Waals surface area contributed by atoms with E-state index in [1.54, 1.807) is 4.90 Å². The van der Waals surface area contributed by atoms with Crippen LogP contribution in [0.25, 0.3) is 0 Å². The number of carbonyl (C=O) groups is 1. The third-order valence-electron chi connectivity index (χ3n) is 3.98. The van der Waals surface area contributed by atoms with Gasteiger partial charge in [0.05, 0.1) is 12.5 Å². The number of aryl methyl sites for hydroxylation is 1. The zero-order chi connectivity index (χ0) is 16.9. The molecule has 0 radical (unpaired) electrons. The van der Waals surface area contributed by atoms with Crippen LogP contribution < -0.4 is 5.32 Å². The Labute approximate surface area is 133 Å². The molecular formula is C16H21F3N2O2. The number of urea groups is 1.